The first-order valence-electron chi connectivity index (χ1n) is 6.99. The molecule has 0 aliphatic carbocycles. The highest BCUT2D eigenvalue weighted by atomic mass is 32.1. The molecule has 0 N–H and O–H groups in total. The minimum atomic E-state index is 0.466. The summed E-state index contributed by atoms with van der Waals surface area (Å²) in [7, 11) is 1.66. The van der Waals surface area contributed by atoms with Crippen molar-refractivity contribution in [1.29, 1.82) is 0 Å². The third kappa shape index (κ3) is 2.12. The van der Waals surface area contributed by atoms with Gasteiger partial charge in [-0.1, -0.05) is 11.3 Å². The van der Waals surface area contributed by atoms with E-state index in [0.717, 1.165) is 38.0 Å². The van der Waals surface area contributed by atoms with Crippen LogP contribution in [0.25, 0.3) is 26.5 Å². The molecule has 0 aliphatic heterocycles. The van der Waals surface area contributed by atoms with Crippen LogP contribution in [-0.4, -0.2) is 21.7 Å². The second-order valence-electron chi connectivity index (χ2n) is 5.39. The quantitative estimate of drug-likeness (QED) is 0.574. The SMILES string of the molecule is COCc1cc2cc(C)cc(-c3nn4cc(C)nc4s3)c2o1. The topological polar surface area (TPSA) is 52.6 Å². The number of aryl methyl sites for hydroxylation is 2. The van der Waals surface area contributed by atoms with E-state index in [1.54, 1.807) is 18.4 Å². The fourth-order valence-electron chi connectivity index (χ4n) is 2.65. The van der Waals surface area contributed by atoms with E-state index in [1.807, 2.05) is 23.7 Å². The minimum Gasteiger partial charge on any atom is -0.458 e. The lowest BCUT2D eigenvalue weighted by molar-refractivity contribution is 0.166. The molecule has 0 bridgehead atoms. The molecule has 0 radical (unpaired) electrons. The molecule has 5 nitrogen and oxygen atoms in total. The Kier molecular flexibility index (Phi) is 3.02. The molecule has 0 amide bonds. The molecule has 4 aromatic rings. The van der Waals surface area contributed by atoms with Crippen LogP contribution in [-0.2, 0) is 11.3 Å². The molecule has 0 spiro atoms. The van der Waals surface area contributed by atoms with E-state index >= 15 is 0 Å². The van der Waals surface area contributed by atoms with Crippen LogP contribution in [0.4, 0.5) is 0 Å². The van der Waals surface area contributed by atoms with Crippen LogP contribution in [0.15, 0.2) is 28.8 Å². The van der Waals surface area contributed by atoms with Gasteiger partial charge in [0.15, 0.2) is 5.01 Å². The normalized spacial score (nSPS) is 11.8. The number of hydrogen-bond donors (Lipinski definition) is 0. The summed E-state index contributed by atoms with van der Waals surface area (Å²) in [5.41, 5.74) is 4.01. The van der Waals surface area contributed by atoms with Crippen LogP contribution in [0.5, 0.6) is 0 Å². The summed E-state index contributed by atoms with van der Waals surface area (Å²) in [6, 6.07) is 6.25. The zero-order chi connectivity index (χ0) is 15.3. The van der Waals surface area contributed by atoms with Crippen LogP contribution in [0, 0.1) is 13.8 Å². The average Bonchev–Trinajstić information content (AvgIpc) is 3.10. The predicted molar refractivity (Wildman–Crippen MR) is 86.3 cm³/mol. The first kappa shape index (κ1) is 13.5. The second kappa shape index (κ2) is 4.93. The van der Waals surface area contributed by atoms with Gasteiger partial charge in [0.25, 0.3) is 0 Å². The number of hydrogen-bond acceptors (Lipinski definition) is 5. The minimum absolute atomic E-state index is 0.466. The van der Waals surface area contributed by atoms with E-state index in [1.165, 1.54) is 5.56 Å². The summed E-state index contributed by atoms with van der Waals surface area (Å²) in [6.45, 7) is 4.51. The monoisotopic (exact) mass is 313 g/mol. The van der Waals surface area contributed by atoms with E-state index in [9.17, 15) is 0 Å². The first-order chi connectivity index (χ1) is 10.6. The molecule has 0 atom stereocenters. The highest BCUT2D eigenvalue weighted by molar-refractivity contribution is 7.19. The van der Waals surface area contributed by atoms with Crippen molar-refractivity contribution >= 4 is 27.3 Å². The highest BCUT2D eigenvalue weighted by Gasteiger charge is 2.15. The Morgan fingerprint density at radius 3 is 2.91 bits per heavy atom. The van der Waals surface area contributed by atoms with Gasteiger partial charge >= 0.3 is 0 Å². The molecule has 0 unspecified atom stereocenters. The standard InChI is InChI=1S/C16H15N3O2S/c1-9-4-11-6-12(8-20-3)21-14(11)13(5-9)15-18-19-7-10(2)17-16(19)22-15/h4-7H,8H2,1-3H3. The van der Waals surface area contributed by atoms with Crippen LogP contribution in [0.2, 0.25) is 0 Å². The summed E-state index contributed by atoms with van der Waals surface area (Å²) in [5, 5.41) is 6.62. The molecule has 6 heteroatoms. The summed E-state index contributed by atoms with van der Waals surface area (Å²) in [6.07, 6.45) is 1.93. The number of methoxy groups -OCH3 is 1. The van der Waals surface area contributed by atoms with Crippen molar-refractivity contribution in [3.63, 3.8) is 0 Å². The lowest BCUT2D eigenvalue weighted by Gasteiger charge is -2.00. The van der Waals surface area contributed by atoms with Gasteiger partial charge in [0.05, 0.1) is 17.5 Å². The molecule has 0 saturated heterocycles. The van der Waals surface area contributed by atoms with Crippen molar-refractivity contribution in [2.24, 2.45) is 0 Å². The second-order valence-corrected chi connectivity index (χ2v) is 6.35. The Bertz CT molecular complexity index is 949. The average molecular weight is 313 g/mol. The number of fused-ring (bicyclic) bond motifs is 2. The molecular weight excluding hydrogens is 298 g/mol. The summed E-state index contributed by atoms with van der Waals surface area (Å²) in [4.78, 5) is 5.36. The molecule has 3 heterocycles. The van der Waals surface area contributed by atoms with E-state index in [4.69, 9.17) is 9.15 Å². The van der Waals surface area contributed by atoms with Crippen LogP contribution >= 0.6 is 11.3 Å². The Morgan fingerprint density at radius 1 is 1.27 bits per heavy atom. The van der Waals surface area contributed by atoms with Gasteiger partial charge in [0.2, 0.25) is 4.96 Å². The third-order valence-corrected chi connectivity index (χ3v) is 4.45. The van der Waals surface area contributed by atoms with Gasteiger partial charge in [0.1, 0.15) is 18.0 Å². The van der Waals surface area contributed by atoms with Crippen LogP contribution in [0.3, 0.4) is 0 Å². The van der Waals surface area contributed by atoms with Gasteiger partial charge in [-0.15, -0.1) is 0 Å². The number of benzene rings is 1. The van der Waals surface area contributed by atoms with E-state index < -0.39 is 0 Å². The number of ether oxygens (including phenoxy) is 1. The van der Waals surface area contributed by atoms with Crippen molar-refractivity contribution < 1.29 is 9.15 Å². The fraction of sp³-hybridized carbons (Fsp3) is 0.250. The molecule has 0 fully saturated rings. The zero-order valence-corrected chi connectivity index (χ0v) is 13.4. The smallest absolute Gasteiger partial charge is 0.212 e. The lowest BCUT2D eigenvalue weighted by Crippen LogP contribution is -1.84. The van der Waals surface area contributed by atoms with E-state index in [-0.39, 0.29) is 0 Å². The third-order valence-electron chi connectivity index (χ3n) is 3.49. The van der Waals surface area contributed by atoms with E-state index in [2.05, 4.69) is 29.1 Å². The fourth-order valence-corrected chi connectivity index (χ4v) is 3.59. The Morgan fingerprint density at radius 2 is 2.14 bits per heavy atom. The van der Waals surface area contributed by atoms with Crippen LogP contribution < -0.4 is 0 Å². The molecule has 112 valence electrons. The van der Waals surface area contributed by atoms with Crippen molar-refractivity contribution in [2.45, 2.75) is 20.5 Å². The van der Waals surface area contributed by atoms with Crippen LogP contribution in [0.1, 0.15) is 17.0 Å². The maximum atomic E-state index is 5.96. The largest absolute Gasteiger partial charge is 0.458 e. The summed E-state index contributed by atoms with van der Waals surface area (Å²) >= 11 is 1.57. The number of nitrogens with zero attached hydrogens (tertiary/aromatic N) is 3. The van der Waals surface area contributed by atoms with Gasteiger partial charge in [-0.05, 0) is 37.6 Å². The zero-order valence-electron chi connectivity index (χ0n) is 12.6. The summed E-state index contributed by atoms with van der Waals surface area (Å²) in [5.74, 6) is 0.821. The number of imidazole rings is 1. The van der Waals surface area contributed by atoms with Gasteiger partial charge in [-0.3, -0.25) is 0 Å². The van der Waals surface area contributed by atoms with E-state index in [0.29, 0.717) is 6.61 Å². The predicted octanol–water partition coefficient (Wildman–Crippen LogP) is 3.97. The molecular formula is C16H15N3O2S. The first-order valence-corrected chi connectivity index (χ1v) is 7.81. The number of aromatic nitrogens is 3. The highest BCUT2D eigenvalue weighted by Crippen LogP contribution is 2.34. The lowest BCUT2D eigenvalue weighted by atomic mass is 10.1. The molecule has 22 heavy (non-hydrogen) atoms. The van der Waals surface area contributed by atoms with Gasteiger partial charge < -0.3 is 9.15 Å². The van der Waals surface area contributed by atoms with Gasteiger partial charge in [-0.25, -0.2) is 9.50 Å². The van der Waals surface area contributed by atoms with Crippen molar-refractivity contribution in [1.82, 2.24) is 14.6 Å². The molecule has 1 aromatic carbocycles. The Hall–Kier alpha value is -2.18. The number of furan rings is 1. The van der Waals surface area contributed by atoms with Crippen molar-refractivity contribution in [2.75, 3.05) is 7.11 Å². The van der Waals surface area contributed by atoms with Gasteiger partial charge in [-0.2, -0.15) is 5.10 Å². The Labute approximate surface area is 131 Å². The number of rotatable bonds is 3. The Balaban J connectivity index is 1.93. The maximum Gasteiger partial charge on any atom is 0.212 e. The maximum absolute atomic E-state index is 5.96. The van der Waals surface area contributed by atoms with Gasteiger partial charge in [0, 0.05) is 12.5 Å². The van der Waals surface area contributed by atoms with Crippen molar-refractivity contribution in [3.8, 4) is 10.6 Å². The molecule has 4 rings (SSSR count). The van der Waals surface area contributed by atoms with Crippen molar-refractivity contribution in [3.05, 3.63) is 41.4 Å². The molecule has 3 aromatic heterocycles. The summed E-state index contributed by atoms with van der Waals surface area (Å²) < 4.78 is 12.9. The molecule has 0 aliphatic rings. The molecule has 0 saturated carbocycles.